The lowest BCUT2D eigenvalue weighted by Crippen LogP contribution is -2.36. The van der Waals surface area contributed by atoms with Crippen molar-refractivity contribution in [1.29, 1.82) is 0 Å². The van der Waals surface area contributed by atoms with Crippen LogP contribution in [0.15, 0.2) is 78.2 Å². The van der Waals surface area contributed by atoms with Gasteiger partial charge in [-0.3, -0.25) is 9.69 Å². The van der Waals surface area contributed by atoms with Crippen molar-refractivity contribution in [2.45, 2.75) is 64.3 Å². The Bertz CT molecular complexity index is 1440. The van der Waals surface area contributed by atoms with E-state index in [2.05, 4.69) is 40.5 Å². The van der Waals surface area contributed by atoms with Crippen LogP contribution in [0.3, 0.4) is 0 Å². The molecule has 3 aromatic carbocycles. The van der Waals surface area contributed by atoms with E-state index in [1.807, 2.05) is 47.8 Å². The quantitative estimate of drug-likeness (QED) is 0.168. The number of aromatic nitrogens is 1. The molecule has 1 N–H and O–H groups in total. The standard InChI is InChI=1S/C35H41N3O4S/c1-40-32-18-15-26(21-33(32)41-2)19-20-38(22-27-13-16-30(17-14-27)42-24-28-9-5-3-6-10-28)23-34-37-31(25-43-34)35(39)36-29-11-7-4-8-12-29/h3,5-6,9-10,13-18,21,25,29H,4,7-8,11-12,19-20,22-24H2,1-2H3,(H,36,39). The minimum Gasteiger partial charge on any atom is -0.493 e. The van der Waals surface area contributed by atoms with Gasteiger partial charge in [0.25, 0.3) is 5.91 Å². The number of carbonyl (C=O) groups excluding carboxylic acids is 1. The largest absolute Gasteiger partial charge is 0.493 e. The number of methoxy groups -OCH3 is 2. The summed E-state index contributed by atoms with van der Waals surface area (Å²) >= 11 is 1.55. The van der Waals surface area contributed by atoms with E-state index < -0.39 is 0 Å². The van der Waals surface area contributed by atoms with E-state index in [1.165, 1.54) is 30.4 Å². The van der Waals surface area contributed by atoms with Gasteiger partial charge in [-0.25, -0.2) is 4.98 Å². The Morgan fingerprint density at radius 3 is 2.37 bits per heavy atom. The maximum atomic E-state index is 12.9. The second-order valence-electron chi connectivity index (χ2n) is 11.0. The first kappa shape index (κ1) is 30.6. The zero-order valence-corrected chi connectivity index (χ0v) is 25.9. The Morgan fingerprint density at radius 2 is 1.63 bits per heavy atom. The summed E-state index contributed by atoms with van der Waals surface area (Å²) in [6, 6.07) is 24.8. The number of benzene rings is 3. The van der Waals surface area contributed by atoms with Crippen LogP contribution in [0.1, 0.15) is 64.3 Å². The molecule has 0 saturated heterocycles. The third-order valence-electron chi connectivity index (χ3n) is 7.83. The van der Waals surface area contributed by atoms with Crippen LogP contribution >= 0.6 is 11.3 Å². The average Bonchev–Trinajstić information content (AvgIpc) is 3.53. The van der Waals surface area contributed by atoms with Crippen molar-refractivity contribution in [1.82, 2.24) is 15.2 Å². The summed E-state index contributed by atoms with van der Waals surface area (Å²) in [6.07, 6.45) is 6.57. The van der Waals surface area contributed by atoms with Crippen LogP contribution in [0.5, 0.6) is 17.2 Å². The van der Waals surface area contributed by atoms with Gasteiger partial charge in [0.05, 0.1) is 20.8 Å². The maximum absolute atomic E-state index is 12.9. The molecule has 0 aliphatic heterocycles. The molecule has 1 aliphatic rings. The van der Waals surface area contributed by atoms with E-state index in [4.69, 9.17) is 19.2 Å². The molecule has 8 heteroatoms. The van der Waals surface area contributed by atoms with Gasteiger partial charge < -0.3 is 19.5 Å². The van der Waals surface area contributed by atoms with Crippen LogP contribution in [0, 0.1) is 0 Å². The summed E-state index contributed by atoms with van der Waals surface area (Å²) in [5.74, 6) is 2.24. The summed E-state index contributed by atoms with van der Waals surface area (Å²) in [7, 11) is 3.31. The van der Waals surface area contributed by atoms with E-state index in [0.717, 1.165) is 60.2 Å². The highest BCUT2D eigenvalue weighted by Crippen LogP contribution is 2.28. The van der Waals surface area contributed by atoms with Crippen LogP contribution in [-0.2, 0) is 26.1 Å². The second-order valence-corrected chi connectivity index (χ2v) is 11.9. The van der Waals surface area contributed by atoms with Gasteiger partial charge in [-0.1, -0.05) is 67.8 Å². The van der Waals surface area contributed by atoms with Gasteiger partial charge in [0.15, 0.2) is 11.5 Å². The van der Waals surface area contributed by atoms with Crippen LogP contribution in [-0.4, -0.2) is 42.6 Å². The fourth-order valence-electron chi connectivity index (χ4n) is 5.41. The molecule has 1 saturated carbocycles. The van der Waals surface area contributed by atoms with Crippen molar-refractivity contribution >= 4 is 17.2 Å². The lowest BCUT2D eigenvalue weighted by molar-refractivity contribution is 0.0923. The molecule has 0 atom stereocenters. The Labute approximate surface area is 258 Å². The third kappa shape index (κ3) is 9.05. The molecule has 1 heterocycles. The first-order valence-corrected chi connectivity index (χ1v) is 15.9. The fraction of sp³-hybridized carbons (Fsp3) is 0.371. The zero-order chi connectivity index (χ0) is 29.9. The molecule has 1 aliphatic carbocycles. The van der Waals surface area contributed by atoms with Crippen LogP contribution in [0.25, 0.3) is 0 Å². The van der Waals surface area contributed by atoms with E-state index in [9.17, 15) is 4.79 Å². The predicted octanol–water partition coefficient (Wildman–Crippen LogP) is 7.05. The van der Waals surface area contributed by atoms with Gasteiger partial charge in [-0.05, 0) is 60.2 Å². The lowest BCUT2D eigenvalue weighted by atomic mass is 9.95. The van der Waals surface area contributed by atoms with E-state index >= 15 is 0 Å². The minimum atomic E-state index is -0.0580. The number of hydrogen-bond acceptors (Lipinski definition) is 7. The Hall–Kier alpha value is -3.88. The third-order valence-corrected chi connectivity index (χ3v) is 8.66. The van der Waals surface area contributed by atoms with E-state index in [0.29, 0.717) is 18.8 Å². The summed E-state index contributed by atoms with van der Waals surface area (Å²) in [5, 5.41) is 6.01. The normalized spacial score (nSPS) is 13.6. The number of carbonyl (C=O) groups is 1. The average molecular weight is 600 g/mol. The molecule has 5 rings (SSSR count). The molecular weight excluding hydrogens is 558 g/mol. The van der Waals surface area contributed by atoms with Gasteiger partial charge in [-0.15, -0.1) is 11.3 Å². The minimum absolute atomic E-state index is 0.0580. The molecule has 4 aromatic rings. The van der Waals surface area contributed by atoms with Crippen LogP contribution in [0.2, 0.25) is 0 Å². The highest BCUT2D eigenvalue weighted by molar-refractivity contribution is 7.09. The van der Waals surface area contributed by atoms with Crippen molar-refractivity contribution in [3.63, 3.8) is 0 Å². The first-order chi connectivity index (χ1) is 21.1. The molecule has 1 fully saturated rings. The molecule has 0 spiro atoms. The molecule has 0 unspecified atom stereocenters. The number of thiazole rings is 1. The molecule has 7 nitrogen and oxygen atoms in total. The molecule has 1 aromatic heterocycles. The number of amides is 1. The SMILES string of the molecule is COc1ccc(CCN(Cc2ccc(OCc3ccccc3)cc2)Cc2nc(C(=O)NC3CCCCC3)cs2)cc1OC. The molecular formula is C35H41N3O4S. The first-order valence-electron chi connectivity index (χ1n) is 15.0. The molecule has 1 amide bonds. The highest BCUT2D eigenvalue weighted by Gasteiger charge is 2.19. The Morgan fingerprint density at radius 1 is 0.884 bits per heavy atom. The van der Waals surface area contributed by atoms with Crippen LogP contribution < -0.4 is 19.5 Å². The summed E-state index contributed by atoms with van der Waals surface area (Å²) in [6.45, 7) is 2.75. The second kappa shape index (κ2) is 15.5. The van der Waals surface area contributed by atoms with Gasteiger partial charge in [0.1, 0.15) is 23.1 Å². The smallest absolute Gasteiger partial charge is 0.270 e. The fourth-order valence-corrected chi connectivity index (χ4v) is 6.23. The van der Waals surface area contributed by atoms with Crippen molar-refractivity contribution in [2.75, 3.05) is 20.8 Å². The van der Waals surface area contributed by atoms with Crippen molar-refractivity contribution in [3.05, 3.63) is 106 Å². The van der Waals surface area contributed by atoms with E-state index in [-0.39, 0.29) is 11.9 Å². The number of hydrogen-bond donors (Lipinski definition) is 1. The Kier molecular flexibility index (Phi) is 11.1. The van der Waals surface area contributed by atoms with E-state index in [1.54, 1.807) is 25.6 Å². The monoisotopic (exact) mass is 599 g/mol. The van der Waals surface area contributed by atoms with Gasteiger partial charge in [0.2, 0.25) is 0 Å². The molecule has 43 heavy (non-hydrogen) atoms. The molecule has 226 valence electrons. The van der Waals surface area contributed by atoms with Gasteiger partial charge >= 0.3 is 0 Å². The van der Waals surface area contributed by atoms with Crippen molar-refractivity contribution < 1.29 is 19.0 Å². The zero-order valence-electron chi connectivity index (χ0n) is 25.1. The van der Waals surface area contributed by atoms with Crippen molar-refractivity contribution in [2.24, 2.45) is 0 Å². The van der Waals surface area contributed by atoms with Crippen molar-refractivity contribution in [3.8, 4) is 17.2 Å². The topological polar surface area (TPSA) is 72.9 Å². The summed E-state index contributed by atoms with van der Waals surface area (Å²) < 4.78 is 16.9. The highest BCUT2D eigenvalue weighted by atomic mass is 32.1. The molecule has 0 bridgehead atoms. The Balaban J connectivity index is 1.24. The number of ether oxygens (including phenoxy) is 3. The van der Waals surface area contributed by atoms with Gasteiger partial charge in [-0.2, -0.15) is 0 Å². The lowest BCUT2D eigenvalue weighted by Gasteiger charge is -2.22. The number of nitrogens with one attached hydrogen (secondary N) is 1. The number of rotatable bonds is 14. The summed E-state index contributed by atoms with van der Waals surface area (Å²) in [4.78, 5) is 20.0. The van der Waals surface area contributed by atoms with Gasteiger partial charge in [0, 0.05) is 24.5 Å². The summed E-state index contributed by atoms with van der Waals surface area (Å²) in [5.41, 5.74) is 4.01. The maximum Gasteiger partial charge on any atom is 0.270 e. The number of nitrogens with zero attached hydrogens (tertiary/aromatic N) is 2. The predicted molar refractivity (Wildman–Crippen MR) is 171 cm³/mol. The molecule has 0 radical (unpaired) electrons. The van der Waals surface area contributed by atoms with Crippen LogP contribution in [0.4, 0.5) is 0 Å².